The summed E-state index contributed by atoms with van der Waals surface area (Å²) in [5.41, 5.74) is 0. The van der Waals surface area contributed by atoms with Crippen molar-refractivity contribution in [1.29, 1.82) is 0 Å². The first-order valence-corrected chi connectivity index (χ1v) is 44.1. The summed E-state index contributed by atoms with van der Waals surface area (Å²) in [6, 6.07) is -0.887. The number of hydrogen-bond donors (Lipinski definition) is 12. The molecule has 19 heteroatoms. The maximum absolute atomic E-state index is 13.5. The van der Waals surface area contributed by atoms with Crippen LogP contribution < -0.4 is 5.32 Å². The number of unbranched alkanes of at least 4 members (excludes halogenated alkanes) is 52. The maximum Gasteiger partial charge on any atom is 0.220 e. The average Bonchev–Trinajstić information content (AvgIpc) is 0.781. The van der Waals surface area contributed by atoms with Crippen molar-refractivity contribution in [2.45, 2.75) is 491 Å². The van der Waals surface area contributed by atoms with Gasteiger partial charge in [-0.1, -0.05) is 359 Å². The van der Waals surface area contributed by atoms with Gasteiger partial charge in [0, 0.05) is 6.42 Å². The molecule has 12 N–H and O–H groups in total. The van der Waals surface area contributed by atoms with Crippen LogP contribution in [0.25, 0.3) is 0 Å². The van der Waals surface area contributed by atoms with Gasteiger partial charge in [-0.2, -0.15) is 0 Å². The van der Waals surface area contributed by atoms with Crippen LogP contribution in [0.1, 0.15) is 386 Å². The van der Waals surface area contributed by atoms with Crippen LogP contribution in [-0.4, -0.2) is 193 Å². The van der Waals surface area contributed by atoms with Crippen molar-refractivity contribution in [1.82, 2.24) is 5.32 Å². The van der Waals surface area contributed by atoms with Crippen LogP contribution in [0.3, 0.4) is 0 Å². The van der Waals surface area contributed by atoms with Crippen LogP contribution in [0.4, 0.5) is 0 Å². The second-order valence-corrected chi connectivity index (χ2v) is 31.7. The van der Waals surface area contributed by atoms with E-state index in [2.05, 4.69) is 43.5 Å². The lowest BCUT2D eigenvalue weighted by Gasteiger charge is -2.48. The summed E-state index contributed by atoms with van der Waals surface area (Å²) in [6.45, 7) is 1.86. The van der Waals surface area contributed by atoms with E-state index in [0.29, 0.717) is 12.8 Å². The minimum absolute atomic E-state index is 0.235. The second-order valence-electron chi connectivity index (χ2n) is 31.7. The molecule has 3 aliphatic heterocycles. The Morgan fingerprint density at radius 2 is 0.629 bits per heavy atom. The van der Waals surface area contributed by atoms with Gasteiger partial charge in [-0.3, -0.25) is 4.79 Å². The first-order valence-electron chi connectivity index (χ1n) is 44.1. The molecule has 0 aromatic heterocycles. The van der Waals surface area contributed by atoms with Gasteiger partial charge in [-0.05, 0) is 44.9 Å². The number of hydrogen-bond acceptors (Lipinski definition) is 18. The minimum Gasteiger partial charge on any atom is -0.394 e. The zero-order valence-electron chi connectivity index (χ0n) is 66.7. The number of ether oxygens (including phenoxy) is 6. The summed E-state index contributed by atoms with van der Waals surface area (Å²) in [5, 5.41) is 121. The van der Waals surface area contributed by atoms with Gasteiger partial charge in [0.1, 0.15) is 73.2 Å². The summed E-state index contributed by atoms with van der Waals surface area (Å²) in [6.07, 6.45) is 55.7. The molecule has 0 aromatic carbocycles. The van der Waals surface area contributed by atoms with Crippen molar-refractivity contribution in [2.75, 3.05) is 26.4 Å². The van der Waals surface area contributed by atoms with Gasteiger partial charge < -0.3 is 89.9 Å². The van der Waals surface area contributed by atoms with Crippen molar-refractivity contribution in [3.63, 3.8) is 0 Å². The monoisotopic (exact) mass is 1500 g/mol. The van der Waals surface area contributed by atoms with Crippen molar-refractivity contribution < 1.29 is 89.4 Å². The highest BCUT2D eigenvalue weighted by Gasteiger charge is 2.54. The lowest BCUT2D eigenvalue weighted by molar-refractivity contribution is -0.379. The molecule has 3 aliphatic rings. The molecule has 0 saturated carbocycles. The molecular weight excluding hydrogens is 1330 g/mol. The molecule has 3 saturated heterocycles. The molecule has 0 bridgehead atoms. The van der Waals surface area contributed by atoms with E-state index in [-0.39, 0.29) is 18.9 Å². The summed E-state index contributed by atoms with van der Waals surface area (Å²) in [4.78, 5) is 13.5. The number of rotatable bonds is 72. The quantitative estimate of drug-likeness (QED) is 0.0199. The zero-order valence-corrected chi connectivity index (χ0v) is 66.7. The number of nitrogens with one attached hydrogen (secondary N) is 1. The summed E-state index contributed by atoms with van der Waals surface area (Å²) >= 11 is 0. The van der Waals surface area contributed by atoms with Gasteiger partial charge in [0.2, 0.25) is 5.91 Å². The highest BCUT2D eigenvalue weighted by atomic mass is 16.8. The first-order chi connectivity index (χ1) is 51.3. The van der Waals surface area contributed by atoms with Gasteiger partial charge >= 0.3 is 0 Å². The Hall–Kier alpha value is -1.73. The van der Waals surface area contributed by atoms with E-state index < -0.39 is 124 Å². The summed E-state index contributed by atoms with van der Waals surface area (Å²) < 4.78 is 34.6. The van der Waals surface area contributed by atoms with Gasteiger partial charge in [0.15, 0.2) is 18.9 Å². The highest BCUT2D eigenvalue weighted by Crippen LogP contribution is 2.34. The number of amides is 1. The number of carbonyl (C=O) groups is 1. The molecule has 1 amide bonds. The third-order valence-corrected chi connectivity index (χ3v) is 22.3. The number of aliphatic hydroxyl groups is 11. The first kappa shape index (κ1) is 97.5. The van der Waals surface area contributed by atoms with E-state index in [1.165, 1.54) is 302 Å². The van der Waals surface area contributed by atoms with Gasteiger partial charge in [-0.25, -0.2) is 0 Å². The Balaban J connectivity index is 1.33. The van der Waals surface area contributed by atoms with E-state index in [9.17, 15) is 61.0 Å². The highest BCUT2D eigenvalue weighted by molar-refractivity contribution is 5.76. The Morgan fingerprint density at radius 3 is 0.971 bits per heavy atom. The molecule has 0 spiro atoms. The Labute approximate surface area is 638 Å². The zero-order chi connectivity index (χ0) is 76.0. The third-order valence-electron chi connectivity index (χ3n) is 22.3. The Morgan fingerprint density at radius 1 is 0.343 bits per heavy atom. The fraction of sp³-hybridized carbons (Fsp3) is 0.942. The Kier molecular flexibility index (Phi) is 62.0. The van der Waals surface area contributed by atoms with Gasteiger partial charge in [0.25, 0.3) is 0 Å². The molecule has 0 radical (unpaired) electrons. The van der Waals surface area contributed by atoms with E-state index >= 15 is 0 Å². The third kappa shape index (κ3) is 46.1. The molecule has 3 fully saturated rings. The number of carbonyl (C=O) groups excluding carboxylic acids is 1. The van der Waals surface area contributed by atoms with Crippen molar-refractivity contribution in [3.05, 3.63) is 24.3 Å². The van der Waals surface area contributed by atoms with Gasteiger partial charge in [-0.15, -0.1) is 0 Å². The molecule has 3 heterocycles. The van der Waals surface area contributed by atoms with Crippen molar-refractivity contribution >= 4 is 5.91 Å². The van der Waals surface area contributed by atoms with E-state index in [1.807, 2.05) is 0 Å². The fourth-order valence-corrected chi connectivity index (χ4v) is 15.2. The van der Waals surface area contributed by atoms with Crippen LogP contribution in [0, 0.1) is 0 Å². The predicted molar refractivity (Wildman–Crippen MR) is 420 cm³/mol. The molecule has 620 valence electrons. The van der Waals surface area contributed by atoms with Crippen molar-refractivity contribution in [2.24, 2.45) is 0 Å². The molecule has 0 aliphatic carbocycles. The molecule has 17 unspecified atom stereocenters. The van der Waals surface area contributed by atoms with Gasteiger partial charge in [0.05, 0.1) is 38.6 Å². The summed E-state index contributed by atoms with van der Waals surface area (Å²) in [5.74, 6) is -0.235. The Bertz CT molecular complexity index is 1990. The lowest BCUT2D eigenvalue weighted by Crippen LogP contribution is -2.66. The fourth-order valence-electron chi connectivity index (χ4n) is 15.2. The molecule has 105 heavy (non-hydrogen) atoms. The van der Waals surface area contributed by atoms with Crippen LogP contribution in [0.15, 0.2) is 24.3 Å². The molecular formula is C86H163NO18. The smallest absolute Gasteiger partial charge is 0.220 e. The second kappa shape index (κ2) is 66.8. The van der Waals surface area contributed by atoms with E-state index in [4.69, 9.17) is 28.4 Å². The minimum atomic E-state index is -1.97. The standard InChI is InChI=1S/C86H163NO18/c1-3-5-7-9-11-13-15-17-19-21-23-25-27-29-31-33-34-36-37-39-41-43-45-47-49-51-53-55-57-59-61-63-70(91)69(87-74(92)64-62-60-58-56-54-52-50-48-46-44-42-40-38-35-32-30-28-26-24-22-20-18-16-14-12-10-8-6-4-2)68-100-84-80(98)77(95)82(72(66-89)102-84)105-86-81(99)78(96)83(73(67-90)103-86)104-85-79(97)76(94)75(93)71(65-88)101-85/h16,18,22,24,69-73,75-86,88-91,93-99H,3-15,17,19-21,23,25-68H2,1-2H3,(H,87,92)/b18-16-,24-22-. The van der Waals surface area contributed by atoms with Crippen LogP contribution in [0.5, 0.6) is 0 Å². The molecule has 3 rings (SSSR count). The normalized spacial score (nSPS) is 25.8. The SMILES string of the molecule is CCCCCCC/C=C\C/C=C\CCCCCCCCCCCCCCCCCCCC(=O)NC(COC1OC(CO)C(OC2OC(CO)C(OC3OC(CO)C(O)C(O)C3O)C(O)C2O)C(O)C1O)C(O)CCCCCCCCCCCCCCCCCCCCCCCCCCCCCCCCC. The maximum atomic E-state index is 13.5. The lowest BCUT2D eigenvalue weighted by atomic mass is 9.96. The largest absolute Gasteiger partial charge is 0.394 e. The number of aliphatic hydroxyl groups excluding tert-OH is 11. The van der Waals surface area contributed by atoms with Crippen molar-refractivity contribution in [3.8, 4) is 0 Å². The topological polar surface area (TPSA) is 307 Å². The van der Waals surface area contributed by atoms with Crippen LogP contribution in [-0.2, 0) is 33.2 Å². The summed E-state index contributed by atoms with van der Waals surface area (Å²) in [7, 11) is 0. The van der Waals surface area contributed by atoms with Crippen LogP contribution in [0.2, 0.25) is 0 Å². The van der Waals surface area contributed by atoms with E-state index in [0.717, 1.165) is 51.4 Å². The molecule has 19 nitrogen and oxygen atoms in total. The number of allylic oxidation sites excluding steroid dienone is 4. The predicted octanol–water partition coefficient (Wildman–Crippen LogP) is 16.1. The van der Waals surface area contributed by atoms with E-state index in [1.54, 1.807) is 0 Å². The molecule has 0 aromatic rings. The molecule has 17 atom stereocenters. The average molecular weight is 1500 g/mol. The van der Waals surface area contributed by atoms with Crippen LogP contribution >= 0.6 is 0 Å².